The molecule has 0 aliphatic carbocycles. The summed E-state index contributed by atoms with van der Waals surface area (Å²) in [5, 5.41) is 10.2. The van der Waals surface area contributed by atoms with Gasteiger partial charge in [-0.15, -0.1) is 0 Å². The largest absolute Gasteiger partial charge is 0.511 e. The van der Waals surface area contributed by atoms with Crippen LogP contribution in [0.25, 0.3) is 11.3 Å². The van der Waals surface area contributed by atoms with Gasteiger partial charge in [0.1, 0.15) is 11.4 Å². The third kappa shape index (κ3) is 6.43. The molecular weight excluding hydrogens is 480 g/mol. The Morgan fingerprint density at radius 1 is 1.05 bits per heavy atom. The first-order chi connectivity index (χ1) is 18.2. The topological polar surface area (TPSA) is 87.9 Å². The summed E-state index contributed by atoms with van der Waals surface area (Å²) in [4.78, 5) is 35.0. The van der Waals surface area contributed by atoms with Crippen molar-refractivity contribution < 1.29 is 19.4 Å². The van der Waals surface area contributed by atoms with Crippen LogP contribution in [0.4, 0.5) is 4.79 Å². The van der Waals surface area contributed by atoms with E-state index in [0.29, 0.717) is 37.4 Å². The number of carbonyl (C=O) groups is 2. The van der Waals surface area contributed by atoms with Crippen LogP contribution < -0.4 is 0 Å². The fourth-order valence-electron chi connectivity index (χ4n) is 4.63. The average Bonchev–Trinajstić information content (AvgIpc) is 3.31. The third-order valence-corrected chi connectivity index (χ3v) is 6.46. The molecular formula is C30H36N4O4. The summed E-state index contributed by atoms with van der Waals surface area (Å²) < 4.78 is 7.42. The average molecular weight is 517 g/mol. The van der Waals surface area contributed by atoms with Crippen LogP contribution in [0.2, 0.25) is 0 Å². The lowest BCUT2D eigenvalue weighted by Gasteiger charge is -2.41. The molecule has 1 aliphatic heterocycles. The molecule has 0 unspecified atom stereocenters. The Balaban J connectivity index is 1.67. The van der Waals surface area contributed by atoms with Crippen LogP contribution in [0.3, 0.4) is 0 Å². The maximum Gasteiger partial charge on any atom is 0.410 e. The lowest BCUT2D eigenvalue weighted by molar-refractivity contribution is 0.00429. The van der Waals surface area contributed by atoms with Crippen molar-refractivity contribution in [2.75, 3.05) is 19.6 Å². The number of allylic oxidation sites excluding steroid dienone is 2. The molecule has 0 saturated carbocycles. The zero-order valence-electron chi connectivity index (χ0n) is 22.5. The van der Waals surface area contributed by atoms with Crippen molar-refractivity contribution in [1.82, 2.24) is 19.4 Å². The van der Waals surface area contributed by atoms with Gasteiger partial charge in [-0.05, 0) is 45.8 Å². The van der Waals surface area contributed by atoms with Crippen molar-refractivity contribution in [3.63, 3.8) is 0 Å². The molecule has 8 heteroatoms. The van der Waals surface area contributed by atoms with E-state index in [-0.39, 0.29) is 30.3 Å². The molecule has 38 heavy (non-hydrogen) atoms. The van der Waals surface area contributed by atoms with E-state index in [1.165, 1.54) is 0 Å². The van der Waals surface area contributed by atoms with E-state index in [1.807, 2.05) is 86.3 Å². The Hall–Kier alpha value is -4.07. The number of aromatic nitrogens is 2. The number of ether oxygens (including phenoxy) is 1. The van der Waals surface area contributed by atoms with Gasteiger partial charge < -0.3 is 24.2 Å². The van der Waals surface area contributed by atoms with E-state index >= 15 is 0 Å². The van der Waals surface area contributed by atoms with Gasteiger partial charge in [-0.25, -0.2) is 9.78 Å². The van der Waals surface area contributed by atoms with E-state index in [4.69, 9.17) is 4.74 Å². The standard InChI is InChI=1S/C30H36N4O4/c1-5-25(35)20-33-21-31-26(27(33)23-14-10-7-11-15-23)28(36)34-17-16-32(29(37)38-30(2,3)4)19-24(34)18-22-12-8-6-9-13-22/h5-15,21,24,35H,16-20H2,1-4H3/b25-5+/t24-/m1/s1. The first kappa shape index (κ1) is 27.0. The number of hydrogen-bond acceptors (Lipinski definition) is 5. The quantitative estimate of drug-likeness (QED) is 0.448. The first-order valence-corrected chi connectivity index (χ1v) is 12.9. The zero-order valence-corrected chi connectivity index (χ0v) is 22.5. The molecule has 1 saturated heterocycles. The lowest BCUT2D eigenvalue weighted by Crippen LogP contribution is -2.58. The van der Waals surface area contributed by atoms with Gasteiger partial charge in [-0.3, -0.25) is 4.79 Å². The molecule has 2 aromatic carbocycles. The van der Waals surface area contributed by atoms with Crippen LogP contribution in [0, 0.1) is 0 Å². The first-order valence-electron chi connectivity index (χ1n) is 12.9. The number of aliphatic hydroxyl groups is 1. The third-order valence-electron chi connectivity index (χ3n) is 6.46. The number of aliphatic hydroxyl groups excluding tert-OH is 1. The van der Waals surface area contributed by atoms with Crippen LogP contribution in [-0.4, -0.2) is 67.7 Å². The predicted octanol–water partition coefficient (Wildman–Crippen LogP) is 5.32. The predicted molar refractivity (Wildman–Crippen MR) is 147 cm³/mol. The summed E-state index contributed by atoms with van der Waals surface area (Å²) in [5.74, 6) is -0.0150. The van der Waals surface area contributed by atoms with Crippen molar-refractivity contribution in [3.05, 3.63) is 90.1 Å². The normalized spacial score (nSPS) is 16.4. The van der Waals surface area contributed by atoms with Gasteiger partial charge in [0.05, 0.1) is 24.6 Å². The molecule has 0 radical (unpaired) electrons. The summed E-state index contributed by atoms with van der Waals surface area (Å²) in [6.07, 6.45) is 3.44. The number of imidazole rings is 1. The van der Waals surface area contributed by atoms with Crippen LogP contribution in [-0.2, 0) is 17.7 Å². The van der Waals surface area contributed by atoms with Crippen LogP contribution >= 0.6 is 0 Å². The van der Waals surface area contributed by atoms with Crippen molar-refractivity contribution in [3.8, 4) is 11.3 Å². The van der Waals surface area contributed by atoms with Crippen LogP contribution in [0.15, 0.2) is 78.8 Å². The summed E-state index contributed by atoms with van der Waals surface area (Å²) >= 11 is 0. The lowest BCUT2D eigenvalue weighted by atomic mass is 10.0. The van der Waals surface area contributed by atoms with E-state index in [0.717, 1.165) is 11.1 Å². The van der Waals surface area contributed by atoms with Crippen molar-refractivity contribution in [2.45, 2.75) is 52.3 Å². The highest BCUT2D eigenvalue weighted by Crippen LogP contribution is 2.27. The van der Waals surface area contributed by atoms with E-state index in [2.05, 4.69) is 4.98 Å². The summed E-state index contributed by atoms with van der Waals surface area (Å²) in [5.41, 5.74) is 2.29. The molecule has 2 amide bonds. The molecule has 1 aromatic heterocycles. The molecule has 2 heterocycles. The maximum atomic E-state index is 14.1. The molecule has 0 spiro atoms. The SMILES string of the molecule is C/C=C(/O)Cn1cnc(C(=O)N2CCN(C(=O)OC(C)(C)C)C[C@H]2Cc2ccccc2)c1-c1ccccc1. The molecule has 8 nitrogen and oxygen atoms in total. The minimum Gasteiger partial charge on any atom is -0.511 e. The molecule has 4 rings (SSSR count). The number of rotatable bonds is 6. The van der Waals surface area contributed by atoms with Crippen molar-refractivity contribution in [2.24, 2.45) is 0 Å². The van der Waals surface area contributed by atoms with Gasteiger partial charge in [0.2, 0.25) is 0 Å². The molecule has 1 aliphatic rings. The van der Waals surface area contributed by atoms with E-state index in [1.54, 1.807) is 28.8 Å². The fraction of sp³-hybridized carbons (Fsp3) is 0.367. The summed E-state index contributed by atoms with van der Waals surface area (Å²) in [7, 11) is 0. The number of benzene rings is 2. The smallest absolute Gasteiger partial charge is 0.410 e. The van der Waals surface area contributed by atoms with Gasteiger partial charge in [0.15, 0.2) is 5.69 Å². The number of piperazine rings is 1. The van der Waals surface area contributed by atoms with Gasteiger partial charge in [0.25, 0.3) is 5.91 Å². The fourth-order valence-corrected chi connectivity index (χ4v) is 4.63. The molecule has 1 N–H and O–H groups in total. The highest BCUT2D eigenvalue weighted by molar-refractivity contribution is 5.98. The second-order valence-electron chi connectivity index (χ2n) is 10.5. The van der Waals surface area contributed by atoms with Crippen molar-refractivity contribution >= 4 is 12.0 Å². The highest BCUT2D eigenvalue weighted by atomic mass is 16.6. The van der Waals surface area contributed by atoms with Crippen LogP contribution in [0.1, 0.15) is 43.7 Å². The Morgan fingerprint density at radius 3 is 2.34 bits per heavy atom. The number of amides is 2. The Labute approximate surface area is 224 Å². The van der Waals surface area contributed by atoms with Gasteiger partial charge >= 0.3 is 6.09 Å². The number of hydrogen-bond donors (Lipinski definition) is 1. The monoisotopic (exact) mass is 516 g/mol. The molecule has 1 fully saturated rings. The molecule has 3 aromatic rings. The zero-order chi connectivity index (χ0) is 27.3. The summed E-state index contributed by atoms with van der Waals surface area (Å²) in [6, 6.07) is 19.3. The van der Waals surface area contributed by atoms with Gasteiger partial charge in [0, 0.05) is 25.2 Å². The van der Waals surface area contributed by atoms with E-state index in [9.17, 15) is 14.7 Å². The van der Waals surface area contributed by atoms with Gasteiger partial charge in [-0.1, -0.05) is 60.7 Å². The molecule has 1 atom stereocenters. The molecule has 0 bridgehead atoms. The highest BCUT2D eigenvalue weighted by Gasteiger charge is 2.36. The van der Waals surface area contributed by atoms with Crippen LogP contribution in [0.5, 0.6) is 0 Å². The Morgan fingerprint density at radius 2 is 1.71 bits per heavy atom. The number of carbonyl (C=O) groups excluding carboxylic acids is 2. The second-order valence-corrected chi connectivity index (χ2v) is 10.5. The Kier molecular flexibility index (Phi) is 8.20. The van der Waals surface area contributed by atoms with Crippen molar-refractivity contribution in [1.29, 1.82) is 0 Å². The number of nitrogens with zero attached hydrogens (tertiary/aromatic N) is 4. The molecule has 200 valence electrons. The second kappa shape index (κ2) is 11.5. The van der Waals surface area contributed by atoms with Gasteiger partial charge in [-0.2, -0.15) is 0 Å². The summed E-state index contributed by atoms with van der Waals surface area (Å²) in [6.45, 7) is 8.59. The van der Waals surface area contributed by atoms with E-state index < -0.39 is 5.60 Å². The minimum absolute atomic E-state index is 0.187. The Bertz CT molecular complexity index is 1280. The maximum absolute atomic E-state index is 14.1. The minimum atomic E-state index is -0.602.